The molecule has 0 saturated heterocycles. The summed E-state index contributed by atoms with van der Waals surface area (Å²) in [5.41, 5.74) is 4.21. The molecule has 4 nitrogen and oxygen atoms in total. The quantitative estimate of drug-likeness (QED) is 0.864. The third-order valence-electron chi connectivity index (χ3n) is 2.00. The summed E-state index contributed by atoms with van der Waals surface area (Å²) in [5.74, 6) is -0.452. The maximum absolute atomic E-state index is 12.5. The predicted molar refractivity (Wildman–Crippen MR) is 59.5 cm³/mol. The maximum Gasteiger partial charge on any atom is 0.433 e. The smallest absolute Gasteiger partial charge is 0.368 e. The van der Waals surface area contributed by atoms with Gasteiger partial charge in [-0.2, -0.15) is 18.4 Å². The number of hydrogen-bond acceptors (Lipinski definition) is 5. The summed E-state index contributed by atoms with van der Waals surface area (Å²) in [5, 5.41) is 8.66. The van der Waals surface area contributed by atoms with Crippen molar-refractivity contribution in [1.82, 2.24) is 9.97 Å². The topological polar surface area (TPSA) is 75.6 Å². The lowest BCUT2D eigenvalue weighted by molar-refractivity contribution is -0.141. The average Bonchev–Trinajstić information content (AvgIpc) is 2.75. The largest absolute Gasteiger partial charge is 0.433 e. The van der Waals surface area contributed by atoms with E-state index in [1.807, 2.05) is 6.07 Å². The summed E-state index contributed by atoms with van der Waals surface area (Å²) in [6, 6.07) is 5.73. The zero-order valence-electron chi connectivity index (χ0n) is 8.69. The molecule has 0 fully saturated rings. The van der Waals surface area contributed by atoms with Crippen LogP contribution in [0.4, 0.5) is 19.1 Å². The normalized spacial score (nSPS) is 11.2. The Morgan fingerprint density at radius 1 is 1.28 bits per heavy atom. The number of halogens is 3. The van der Waals surface area contributed by atoms with Gasteiger partial charge in [-0.15, -0.1) is 11.3 Å². The summed E-state index contributed by atoms with van der Waals surface area (Å²) in [6.45, 7) is 0. The molecule has 0 aliphatic rings. The number of thiophene rings is 1. The van der Waals surface area contributed by atoms with Crippen LogP contribution in [-0.4, -0.2) is 9.97 Å². The lowest BCUT2D eigenvalue weighted by Crippen LogP contribution is -2.11. The van der Waals surface area contributed by atoms with Crippen molar-refractivity contribution in [1.29, 1.82) is 5.26 Å². The van der Waals surface area contributed by atoms with Crippen LogP contribution >= 0.6 is 11.3 Å². The molecule has 0 radical (unpaired) electrons. The van der Waals surface area contributed by atoms with Crippen molar-refractivity contribution in [2.75, 3.05) is 5.73 Å². The van der Waals surface area contributed by atoms with Gasteiger partial charge in [-0.05, 0) is 18.2 Å². The van der Waals surface area contributed by atoms with Crippen molar-refractivity contribution >= 4 is 17.3 Å². The van der Waals surface area contributed by atoms with Crippen molar-refractivity contribution in [2.24, 2.45) is 0 Å². The van der Waals surface area contributed by atoms with E-state index in [0.29, 0.717) is 9.75 Å². The Morgan fingerprint density at radius 3 is 2.56 bits per heavy atom. The summed E-state index contributed by atoms with van der Waals surface area (Å²) >= 11 is 1.04. The second kappa shape index (κ2) is 4.27. The Labute approximate surface area is 104 Å². The Kier molecular flexibility index (Phi) is 2.92. The van der Waals surface area contributed by atoms with Gasteiger partial charge in [0.1, 0.15) is 10.9 Å². The van der Waals surface area contributed by atoms with Crippen LogP contribution in [0.1, 0.15) is 10.6 Å². The molecule has 92 valence electrons. The van der Waals surface area contributed by atoms with Gasteiger partial charge in [0.25, 0.3) is 0 Å². The number of anilines is 1. The second-order valence-corrected chi connectivity index (χ2v) is 4.35. The molecule has 8 heteroatoms. The number of hydrogen-bond donors (Lipinski definition) is 1. The fourth-order valence-corrected chi connectivity index (χ4v) is 2.04. The van der Waals surface area contributed by atoms with Gasteiger partial charge in [0.2, 0.25) is 5.95 Å². The van der Waals surface area contributed by atoms with E-state index in [1.165, 1.54) is 12.1 Å². The second-order valence-electron chi connectivity index (χ2n) is 3.27. The van der Waals surface area contributed by atoms with Crippen LogP contribution in [0.2, 0.25) is 0 Å². The highest BCUT2D eigenvalue weighted by atomic mass is 32.1. The van der Waals surface area contributed by atoms with Gasteiger partial charge >= 0.3 is 6.18 Å². The van der Waals surface area contributed by atoms with Gasteiger partial charge in [0, 0.05) is 0 Å². The lowest BCUT2D eigenvalue weighted by Gasteiger charge is -2.07. The number of nitrogen functional groups attached to an aromatic ring is 1. The van der Waals surface area contributed by atoms with E-state index in [1.54, 1.807) is 0 Å². The van der Waals surface area contributed by atoms with Gasteiger partial charge in [0.05, 0.1) is 10.6 Å². The van der Waals surface area contributed by atoms with Crippen LogP contribution in [-0.2, 0) is 6.18 Å². The molecular weight excluding hydrogens is 265 g/mol. The molecule has 0 amide bonds. The van der Waals surface area contributed by atoms with Crippen LogP contribution in [0.25, 0.3) is 10.6 Å². The van der Waals surface area contributed by atoms with Crippen LogP contribution in [0.15, 0.2) is 18.2 Å². The first kappa shape index (κ1) is 12.3. The minimum absolute atomic E-state index is 0.0568. The minimum Gasteiger partial charge on any atom is -0.368 e. The number of aromatic nitrogens is 2. The highest BCUT2D eigenvalue weighted by Crippen LogP contribution is 2.32. The maximum atomic E-state index is 12.5. The first-order valence-corrected chi connectivity index (χ1v) is 5.44. The Morgan fingerprint density at radius 2 is 2.00 bits per heavy atom. The van der Waals surface area contributed by atoms with Gasteiger partial charge < -0.3 is 5.73 Å². The molecule has 18 heavy (non-hydrogen) atoms. The van der Waals surface area contributed by atoms with Crippen molar-refractivity contribution < 1.29 is 13.2 Å². The third kappa shape index (κ3) is 2.41. The molecule has 0 saturated carbocycles. The number of nitriles is 1. The zero-order chi connectivity index (χ0) is 13.3. The fraction of sp³-hybridized carbons (Fsp3) is 0.100. The molecule has 0 bridgehead atoms. The monoisotopic (exact) mass is 270 g/mol. The molecule has 2 N–H and O–H groups in total. The van der Waals surface area contributed by atoms with Crippen molar-refractivity contribution in [3.8, 4) is 16.6 Å². The number of nitrogens with two attached hydrogens (primary N) is 1. The summed E-state index contributed by atoms with van der Waals surface area (Å²) < 4.78 is 37.6. The third-order valence-corrected chi connectivity index (χ3v) is 3.01. The molecule has 0 aliphatic carbocycles. The van der Waals surface area contributed by atoms with Crippen LogP contribution in [0, 0.1) is 11.3 Å². The molecular formula is C10H5F3N4S. The van der Waals surface area contributed by atoms with Gasteiger partial charge in [-0.1, -0.05) is 0 Å². The van der Waals surface area contributed by atoms with E-state index in [4.69, 9.17) is 11.0 Å². The SMILES string of the molecule is N#Cc1ccc(-c2cc(C(F)(F)F)nc(N)n2)s1. The highest BCUT2D eigenvalue weighted by molar-refractivity contribution is 7.15. The molecule has 2 heterocycles. The van der Waals surface area contributed by atoms with Gasteiger partial charge in [0.15, 0.2) is 5.69 Å². The van der Waals surface area contributed by atoms with Crippen molar-refractivity contribution in [2.45, 2.75) is 6.18 Å². The van der Waals surface area contributed by atoms with Crippen molar-refractivity contribution in [3.05, 3.63) is 28.8 Å². The first-order chi connectivity index (χ1) is 8.40. The van der Waals surface area contributed by atoms with Crippen molar-refractivity contribution in [3.63, 3.8) is 0 Å². The van der Waals surface area contributed by atoms with E-state index in [9.17, 15) is 13.2 Å². The molecule has 2 aromatic rings. The Bertz CT molecular complexity index is 627. The highest BCUT2D eigenvalue weighted by Gasteiger charge is 2.33. The van der Waals surface area contributed by atoms with Gasteiger partial charge in [-0.25, -0.2) is 9.97 Å². The average molecular weight is 270 g/mol. The molecule has 2 rings (SSSR count). The summed E-state index contributed by atoms with van der Waals surface area (Å²) in [4.78, 5) is 7.69. The first-order valence-electron chi connectivity index (χ1n) is 4.62. The number of nitrogens with zero attached hydrogens (tertiary/aromatic N) is 3. The number of alkyl halides is 3. The predicted octanol–water partition coefficient (Wildman–Crippen LogP) is 2.68. The van der Waals surface area contributed by atoms with E-state index in [0.717, 1.165) is 17.4 Å². The Hall–Kier alpha value is -2.14. The van der Waals surface area contributed by atoms with E-state index in [2.05, 4.69) is 9.97 Å². The summed E-state index contributed by atoms with van der Waals surface area (Å²) in [6.07, 6.45) is -4.58. The van der Waals surface area contributed by atoms with Crippen LogP contribution in [0.5, 0.6) is 0 Å². The van der Waals surface area contributed by atoms with Crippen LogP contribution in [0.3, 0.4) is 0 Å². The standard InChI is InChI=1S/C10H5F3N4S/c11-10(12,13)8-3-6(16-9(15)17-8)7-2-1-5(4-14)18-7/h1-3H,(H2,15,16,17). The molecule has 0 atom stereocenters. The van der Waals surface area contributed by atoms with E-state index >= 15 is 0 Å². The molecule has 0 aliphatic heterocycles. The molecule has 0 spiro atoms. The Balaban J connectivity index is 2.52. The van der Waals surface area contributed by atoms with E-state index in [-0.39, 0.29) is 5.69 Å². The molecule has 2 aromatic heterocycles. The molecule has 0 unspecified atom stereocenters. The zero-order valence-corrected chi connectivity index (χ0v) is 9.51. The van der Waals surface area contributed by atoms with Gasteiger partial charge in [-0.3, -0.25) is 0 Å². The molecule has 0 aromatic carbocycles. The summed E-state index contributed by atoms with van der Waals surface area (Å²) in [7, 11) is 0. The lowest BCUT2D eigenvalue weighted by atomic mass is 10.2. The number of rotatable bonds is 1. The van der Waals surface area contributed by atoms with Crippen LogP contribution < -0.4 is 5.73 Å². The fourth-order valence-electron chi connectivity index (χ4n) is 1.27. The van der Waals surface area contributed by atoms with E-state index < -0.39 is 17.8 Å². The minimum atomic E-state index is -4.58.